The van der Waals surface area contributed by atoms with Crippen LogP contribution in [0.1, 0.15) is 25.2 Å². The van der Waals surface area contributed by atoms with Crippen molar-refractivity contribution in [1.82, 2.24) is 24.2 Å². The molecule has 2 atom stereocenters. The molecule has 1 fully saturated rings. The first-order valence-corrected chi connectivity index (χ1v) is 14.0. The molecule has 0 bridgehead atoms. The van der Waals surface area contributed by atoms with Crippen molar-refractivity contribution < 1.29 is 8.42 Å². The van der Waals surface area contributed by atoms with Crippen molar-refractivity contribution in [3.8, 4) is 0 Å². The summed E-state index contributed by atoms with van der Waals surface area (Å²) in [5, 5.41) is 7.58. The molecule has 4 heterocycles. The summed E-state index contributed by atoms with van der Waals surface area (Å²) in [6.07, 6.45) is 4.92. The van der Waals surface area contributed by atoms with E-state index >= 15 is 0 Å². The number of nitrogens with one attached hydrogen (secondary N) is 2. The third-order valence-corrected chi connectivity index (χ3v) is 8.46. The zero-order valence-electron chi connectivity index (χ0n) is 20.3. The third-order valence-electron chi connectivity index (χ3n) is 6.20. The molecule has 9 nitrogen and oxygen atoms in total. The second-order valence-electron chi connectivity index (χ2n) is 9.21. The van der Waals surface area contributed by atoms with Gasteiger partial charge >= 0.3 is 0 Å². The highest BCUT2D eigenvalue weighted by Crippen LogP contribution is 2.33. The van der Waals surface area contributed by atoms with Crippen molar-refractivity contribution in [2.45, 2.75) is 44.3 Å². The number of aryl methyl sites for hydroxylation is 1. The lowest BCUT2D eigenvalue weighted by molar-refractivity contribution is 0.405. The minimum Gasteiger partial charge on any atom is -0.377 e. The Labute approximate surface area is 219 Å². The number of nitrogens with zero attached hydrogens (tertiary/aromatic N) is 5. The Balaban J connectivity index is 1.42. The van der Waals surface area contributed by atoms with E-state index in [2.05, 4.69) is 55.3 Å². The second-order valence-corrected chi connectivity index (χ2v) is 11.9. The lowest BCUT2D eigenvalue weighted by atomic mass is 10.1. The van der Waals surface area contributed by atoms with Gasteiger partial charge < -0.3 is 15.5 Å². The van der Waals surface area contributed by atoms with E-state index in [1.807, 2.05) is 19.1 Å². The molecule has 1 aromatic carbocycles. The highest BCUT2D eigenvalue weighted by molar-refractivity contribution is 9.10. The number of rotatable bonds is 6. The van der Waals surface area contributed by atoms with Crippen LogP contribution in [-0.2, 0) is 16.6 Å². The van der Waals surface area contributed by atoms with Crippen LogP contribution in [0.3, 0.4) is 0 Å². The Morgan fingerprint density at radius 1 is 1.06 bits per heavy atom. The first-order chi connectivity index (χ1) is 17.2. The van der Waals surface area contributed by atoms with Gasteiger partial charge in [0.05, 0.1) is 16.8 Å². The zero-order chi connectivity index (χ0) is 25.4. The summed E-state index contributed by atoms with van der Waals surface area (Å²) >= 11 is 3.54. The zero-order valence-corrected chi connectivity index (χ0v) is 22.7. The van der Waals surface area contributed by atoms with E-state index in [1.165, 1.54) is 3.97 Å². The summed E-state index contributed by atoms with van der Waals surface area (Å²) < 4.78 is 28.5. The van der Waals surface area contributed by atoms with E-state index in [0.717, 1.165) is 30.2 Å². The molecule has 0 radical (unpaired) electrons. The summed E-state index contributed by atoms with van der Waals surface area (Å²) in [5.41, 5.74) is 2.07. The van der Waals surface area contributed by atoms with Crippen molar-refractivity contribution >= 4 is 48.5 Å². The SMILES string of the molecule is Cc1ccc(S(=O)(=O)n2cc(Br)c3c(NCc4nccc(N5C[C@@H](C)N[C@@H](C)C5)n4)ccnc32)cc1. The molecule has 2 N–H and O–H groups in total. The predicted octanol–water partition coefficient (Wildman–Crippen LogP) is 3.93. The first-order valence-electron chi connectivity index (χ1n) is 11.8. The minimum absolute atomic E-state index is 0.208. The number of aromatic nitrogens is 4. The van der Waals surface area contributed by atoms with E-state index in [1.54, 1.807) is 42.9 Å². The van der Waals surface area contributed by atoms with Gasteiger partial charge in [-0.1, -0.05) is 17.7 Å². The molecular weight excluding hydrogens is 542 g/mol. The van der Waals surface area contributed by atoms with Gasteiger partial charge in [-0.05, 0) is 61.0 Å². The van der Waals surface area contributed by atoms with Crippen LogP contribution in [0.2, 0.25) is 0 Å². The maximum Gasteiger partial charge on any atom is 0.269 e. The first kappa shape index (κ1) is 24.7. The second kappa shape index (κ2) is 9.79. The molecule has 1 aliphatic rings. The van der Waals surface area contributed by atoms with E-state index in [0.29, 0.717) is 40.0 Å². The minimum atomic E-state index is -3.81. The molecule has 188 valence electrons. The average Bonchev–Trinajstić information content (AvgIpc) is 3.20. The molecule has 0 amide bonds. The number of anilines is 2. The fourth-order valence-electron chi connectivity index (χ4n) is 4.57. The summed E-state index contributed by atoms with van der Waals surface area (Å²) in [5.74, 6) is 1.55. The number of hydrogen-bond donors (Lipinski definition) is 2. The largest absolute Gasteiger partial charge is 0.377 e. The lowest BCUT2D eigenvalue weighted by Crippen LogP contribution is -2.54. The monoisotopic (exact) mass is 569 g/mol. The maximum absolute atomic E-state index is 13.3. The van der Waals surface area contributed by atoms with Gasteiger partial charge in [-0.2, -0.15) is 0 Å². The summed E-state index contributed by atoms with van der Waals surface area (Å²) in [4.78, 5) is 16.1. The van der Waals surface area contributed by atoms with Crippen LogP contribution in [0.15, 0.2) is 64.4 Å². The van der Waals surface area contributed by atoms with Crippen molar-refractivity contribution in [3.05, 3.63) is 70.8 Å². The molecular formula is C25H28BrN7O2S. The van der Waals surface area contributed by atoms with Crippen molar-refractivity contribution in [3.63, 3.8) is 0 Å². The molecule has 5 rings (SSSR count). The molecule has 0 aliphatic carbocycles. The van der Waals surface area contributed by atoms with E-state index in [4.69, 9.17) is 4.98 Å². The summed E-state index contributed by atoms with van der Waals surface area (Å²) in [6, 6.07) is 11.3. The standard InChI is InChI=1S/C25H28BrN7O2S/c1-16-4-6-19(7-5-16)36(34,35)33-15-20(26)24-21(8-10-28-25(24)33)29-12-22-27-11-9-23(31-22)32-13-17(2)30-18(3)14-32/h4-11,15,17-18,30H,12-14H2,1-3H3,(H,28,29)/t17-,18+. The molecule has 0 unspecified atom stereocenters. The highest BCUT2D eigenvalue weighted by atomic mass is 79.9. The van der Waals surface area contributed by atoms with Crippen LogP contribution in [-0.4, -0.2) is 52.5 Å². The van der Waals surface area contributed by atoms with Crippen LogP contribution in [0.25, 0.3) is 11.0 Å². The Bertz CT molecular complexity index is 1490. The third kappa shape index (κ3) is 4.82. The predicted molar refractivity (Wildman–Crippen MR) is 145 cm³/mol. The Morgan fingerprint density at radius 3 is 2.47 bits per heavy atom. The van der Waals surface area contributed by atoms with Crippen molar-refractivity contribution in [2.75, 3.05) is 23.3 Å². The number of fused-ring (bicyclic) bond motifs is 1. The fraction of sp³-hybridized carbons (Fsp3) is 0.320. The number of piperazine rings is 1. The number of halogens is 1. The smallest absolute Gasteiger partial charge is 0.269 e. The maximum atomic E-state index is 13.3. The summed E-state index contributed by atoms with van der Waals surface area (Å²) in [6.45, 7) is 8.41. The van der Waals surface area contributed by atoms with Crippen LogP contribution < -0.4 is 15.5 Å². The number of hydrogen-bond acceptors (Lipinski definition) is 8. The van der Waals surface area contributed by atoms with Gasteiger partial charge in [-0.15, -0.1) is 0 Å². The lowest BCUT2D eigenvalue weighted by Gasteiger charge is -2.36. The van der Waals surface area contributed by atoms with Crippen LogP contribution in [0.5, 0.6) is 0 Å². The van der Waals surface area contributed by atoms with Crippen molar-refractivity contribution in [1.29, 1.82) is 0 Å². The van der Waals surface area contributed by atoms with Gasteiger partial charge in [-0.25, -0.2) is 27.3 Å². The average molecular weight is 571 g/mol. The normalized spacial score (nSPS) is 18.5. The van der Waals surface area contributed by atoms with Gasteiger partial charge in [0.15, 0.2) is 5.65 Å². The van der Waals surface area contributed by atoms with E-state index < -0.39 is 10.0 Å². The van der Waals surface area contributed by atoms with Crippen LogP contribution >= 0.6 is 15.9 Å². The van der Waals surface area contributed by atoms with Crippen LogP contribution in [0, 0.1) is 6.92 Å². The highest BCUT2D eigenvalue weighted by Gasteiger charge is 2.24. The molecule has 1 aliphatic heterocycles. The number of benzene rings is 1. The molecule has 1 saturated heterocycles. The topological polar surface area (TPSA) is 105 Å². The molecule has 11 heteroatoms. The van der Waals surface area contributed by atoms with Gasteiger partial charge in [0.25, 0.3) is 10.0 Å². The van der Waals surface area contributed by atoms with Gasteiger partial charge in [0.1, 0.15) is 11.6 Å². The Morgan fingerprint density at radius 2 is 1.75 bits per heavy atom. The van der Waals surface area contributed by atoms with Gasteiger partial charge in [-0.3, -0.25) is 0 Å². The van der Waals surface area contributed by atoms with Gasteiger partial charge in [0.2, 0.25) is 0 Å². The quantitative estimate of drug-likeness (QED) is 0.360. The number of pyridine rings is 1. The van der Waals surface area contributed by atoms with E-state index in [9.17, 15) is 8.42 Å². The van der Waals surface area contributed by atoms with Crippen LogP contribution in [0.4, 0.5) is 11.5 Å². The van der Waals surface area contributed by atoms with Crippen molar-refractivity contribution in [2.24, 2.45) is 0 Å². The fourth-order valence-corrected chi connectivity index (χ4v) is 6.62. The molecule has 4 aromatic rings. The molecule has 0 spiro atoms. The summed E-state index contributed by atoms with van der Waals surface area (Å²) in [7, 11) is -3.81. The van der Waals surface area contributed by atoms with E-state index in [-0.39, 0.29) is 4.90 Å². The molecule has 3 aromatic heterocycles. The van der Waals surface area contributed by atoms with Gasteiger partial charge in [0, 0.05) is 53.9 Å². The Kier molecular flexibility index (Phi) is 6.71. The Hall–Kier alpha value is -3.02. The molecule has 36 heavy (non-hydrogen) atoms. The molecule has 0 saturated carbocycles.